The molecule has 0 atom stereocenters. The van der Waals surface area contributed by atoms with Crippen molar-refractivity contribution < 1.29 is 9.59 Å². The molecule has 3 aromatic rings. The molecule has 1 saturated carbocycles. The van der Waals surface area contributed by atoms with Gasteiger partial charge in [-0.3, -0.25) is 19.4 Å². The van der Waals surface area contributed by atoms with E-state index in [1.54, 1.807) is 29.5 Å². The second kappa shape index (κ2) is 9.36. The zero-order valence-electron chi connectivity index (χ0n) is 17.9. The number of carbonyl (C=O) groups excluding carboxylic acids is 2. The highest BCUT2D eigenvalue weighted by molar-refractivity contribution is 7.18. The molecule has 2 amide bonds. The molecule has 1 aliphatic carbocycles. The third-order valence-corrected chi connectivity index (χ3v) is 6.87. The first-order chi connectivity index (χ1) is 15.6. The number of aromatic nitrogens is 1. The summed E-state index contributed by atoms with van der Waals surface area (Å²) in [6.45, 7) is 4.74. The van der Waals surface area contributed by atoms with E-state index in [2.05, 4.69) is 32.6 Å². The van der Waals surface area contributed by atoms with Gasteiger partial charge in [-0.2, -0.15) is 0 Å². The molecular formula is C24H27N5O2S. The van der Waals surface area contributed by atoms with Crippen LogP contribution in [0, 0.1) is 0 Å². The van der Waals surface area contributed by atoms with Crippen LogP contribution in [0.25, 0.3) is 10.2 Å². The summed E-state index contributed by atoms with van der Waals surface area (Å²) in [6.07, 6.45) is 2.10. The topological polar surface area (TPSA) is 77.6 Å². The van der Waals surface area contributed by atoms with Crippen LogP contribution in [0.5, 0.6) is 0 Å². The number of fused-ring (bicyclic) bond motifs is 1. The number of anilines is 1. The maximum atomic E-state index is 12.5. The third-order valence-electron chi connectivity index (χ3n) is 5.85. The minimum atomic E-state index is -0.0761. The van der Waals surface area contributed by atoms with Crippen molar-refractivity contribution in [3.8, 4) is 0 Å². The number of amides is 2. The fraction of sp³-hybridized carbons (Fsp3) is 0.375. The minimum absolute atomic E-state index is 0.0515. The van der Waals surface area contributed by atoms with E-state index in [0.29, 0.717) is 23.8 Å². The molecule has 2 fully saturated rings. The van der Waals surface area contributed by atoms with E-state index >= 15 is 0 Å². The molecule has 7 nitrogen and oxygen atoms in total. The van der Waals surface area contributed by atoms with Crippen LogP contribution in [-0.2, 0) is 11.3 Å². The summed E-state index contributed by atoms with van der Waals surface area (Å²) < 4.78 is 1.23. The van der Waals surface area contributed by atoms with Gasteiger partial charge in [0.15, 0.2) is 0 Å². The molecule has 166 valence electrons. The summed E-state index contributed by atoms with van der Waals surface area (Å²) in [5.74, 6) is -0.128. The first-order valence-corrected chi connectivity index (χ1v) is 11.9. The average Bonchev–Trinajstić information content (AvgIpc) is 3.51. The van der Waals surface area contributed by atoms with Gasteiger partial charge >= 0.3 is 0 Å². The Labute approximate surface area is 191 Å². The largest absolute Gasteiger partial charge is 0.349 e. The van der Waals surface area contributed by atoms with E-state index in [0.717, 1.165) is 56.1 Å². The summed E-state index contributed by atoms with van der Waals surface area (Å²) in [5, 5.41) is 7.06. The highest BCUT2D eigenvalue weighted by Gasteiger charge is 2.24. The quantitative estimate of drug-likeness (QED) is 0.580. The van der Waals surface area contributed by atoms with Gasteiger partial charge in [-0.1, -0.05) is 18.2 Å². The highest BCUT2D eigenvalue weighted by atomic mass is 32.1. The Balaban J connectivity index is 1.08. The number of piperazine rings is 1. The van der Waals surface area contributed by atoms with Gasteiger partial charge in [-0.25, -0.2) is 4.98 Å². The Morgan fingerprint density at radius 3 is 2.56 bits per heavy atom. The molecule has 0 spiro atoms. The van der Waals surface area contributed by atoms with Crippen LogP contribution in [0.2, 0.25) is 0 Å². The van der Waals surface area contributed by atoms with Gasteiger partial charge in [0.2, 0.25) is 5.91 Å². The van der Waals surface area contributed by atoms with Crippen molar-refractivity contribution in [2.75, 3.05) is 38.0 Å². The molecule has 2 aromatic carbocycles. The number of thiazole rings is 1. The van der Waals surface area contributed by atoms with Crippen molar-refractivity contribution in [2.45, 2.75) is 25.4 Å². The standard InChI is InChI=1S/C24H27N5O2S/c30-22(25-19-5-3-4-17(14-19)24(31)26-18-8-9-18)15-28-10-12-29(13-11-28)16-23-27-20-6-1-2-7-21(20)32-23/h1-7,14,18H,8-13,15-16H2,(H,25,30)(H,26,31). The lowest BCUT2D eigenvalue weighted by molar-refractivity contribution is -0.117. The third kappa shape index (κ3) is 5.32. The number of hydrogen-bond donors (Lipinski definition) is 2. The Bertz CT molecular complexity index is 1090. The van der Waals surface area contributed by atoms with E-state index in [1.165, 1.54) is 4.70 Å². The van der Waals surface area contributed by atoms with Crippen molar-refractivity contribution in [3.05, 3.63) is 59.1 Å². The van der Waals surface area contributed by atoms with Gasteiger partial charge in [0, 0.05) is 43.5 Å². The summed E-state index contributed by atoms with van der Waals surface area (Å²) in [6, 6.07) is 15.7. The molecule has 1 aliphatic heterocycles. The normalized spacial score (nSPS) is 17.4. The first kappa shape index (κ1) is 21.1. The Hall–Kier alpha value is -2.81. The number of carbonyl (C=O) groups is 2. The van der Waals surface area contributed by atoms with E-state index < -0.39 is 0 Å². The Kier molecular flexibility index (Phi) is 6.16. The van der Waals surface area contributed by atoms with Crippen LogP contribution in [0.3, 0.4) is 0 Å². The summed E-state index contributed by atoms with van der Waals surface area (Å²) in [4.78, 5) is 34.1. The fourth-order valence-electron chi connectivity index (χ4n) is 3.92. The fourth-order valence-corrected chi connectivity index (χ4v) is 4.93. The van der Waals surface area contributed by atoms with E-state index in [9.17, 15) is 9.59 Å². The van der Waals surface area contributed by atoms with Gasteiger partial charge in [0.1, 0.15) is 5.01 Å². The van der Waals surface area contributed by atoms with Crippen LogP contribution < -0.4 is 10.6 Å². The summed E-state index contributed by atoms with van der Waals surface area (Å²) >= 11 is 1.75. The first-order valence-electron chi connectivity index (χ1n) is 11.1. The lowest BCUT2D eigenvalue weighted by atomic mass is 10.2. The van der Waals surface area contributed by atoms with Gasteiger partial charge in [-0.05, 0) is 43.2 Å². The van der Waals surface area contributed by atoms with E-state index in [1.807, 2.05) is 18.2 Å². The molecule has 2 heterocycles. The van der Waals surface area contributed by atoms with E-state index in [-0.39, 0.29) is 11.8 Å². The number of benzene rings is 2. The number of nitrogens with one attached hydrogen (secondary N) is 2. The summed E-state index contributed by atoms with van der Waals surface area (Å²) in [5.41, 5.74) is 2.31. The maximum absolute atomic E-state index is 12.5. The zero-order valence-corrected chi connectivity index (χ0v) is 18.7. The molecule has 0 unspecified atom stereocenters. The van der Waals surface area contributed by atoms with Crippen molar-refractivity contribution in [3.63, 3.8) is 0 Å². The van der Waals surface area contributed by atoms with Crippen LogP contribution in [-0.4, -0.2) is 65.4 Å². The van der Waals surface area contributed by atoms with Crippen molar-refractivity contribution in [1.82, 2.24) is 20.1 Å². The highest BCUT2D eigenvalue weighted by Crippen LogP contribution is 2.23. The molecule has 8 heteroatoms. The maximum Gasteiger partial charge on any atom is 0.251 e. The molecule has 5 rings (SSSR count). The van der Waals surface area contributed by atoms with Gasteiger partial charge in [0.25, 0.3) is 5.91 Å². The van der Waals surface area contributed by atoms with Crippen LogP contribution >= 0.6 is 11.3 Å². The predicted octanol–water partition coefficient (Wildman–Crippen LogP) is 2.94. The molecular weight excluding hydrogens is 422 g/mol. The van der Waals surface area contributed by atoms with Crippen LogP contribution in [0.1, 0.15) is 28.2 Å². The number of para-hydroxylation sites is 1. The molecule has 2 N–H and O–H groups in total. The SMILES string of the molecule is O=C(CN1CCN(Cc2nc3ccccc3s2)CC1)Nc1cccc(C(=O)NC2CC2)c1. The van der Waals surface area contributed by atoms with Gasteiger partial charge < -0.3 is 10.6 Å². The van der Waals surface area contributed by atoms with Crippen molar-refractivity contribution in [2.24, 2.45) is 0 Å². The number of nitrogens with zero attached hydrogens (tertiary/aromatic N) is 3. The van der Waals surface area contributed by atoms with Gasteiger partial charge in [0.05, 0.1) is 23.3 Å². The Morgan fingerprint density at radius 1 is 1.00 bits per heavy atom. The average molecular weight is 450 g/mol. The molecule has 0 bridgehead atoms. The minimum Gasteiger partial charge on any atom is -0.349 e. The van der Waals surface area contributed by atoms with Crippen molar-refractivity contribution in [1.29, 1.82) is 0 Å². The lowest BCUT2D eigenvalue weighted by Gasteiger charge is -2.33. The monoisotopic (exact) mass is 449 g/mol. The molecule has 1 saturated heterocycles. The van der Waals surface area contributed by atoms with Gasteiger partial charge in [-0.15, -0.1) is 11.3 Å². The molecule has 2 aliphatic rings. The second-order valence-electron chi connectivity index (χ2n) is 8.50. The molecule has 32 heavy (non-hydrogen) atoms. The molecule has 0 radical (unpaired) electrons. The van der Waals surface area contributed by atoms with Crippen LogP contribution in [0.15, 0.2) is 48.5 Å². The van der Waals surface area contributed by atoms with Crippen LogP contribution in [0.4, 0.5) is 5.69 Å². The smallest absolute Gasteiger partial charge is 0.251 e. The van der Waals surface area contributed by atoms with Crippen molar-refractivity contribution >= 4 is 39.1 Å². The second-order valence-corrected chi connectivity index (χ2v) is 9.62. The molecule has 1 aromatic heterocycles. The lowest BCUT2D eigenvalue weighted by Crippen LogP contribution is -2.48. The zero-order chi connectivity index (χ0) is 21.9. The summed E-state index contributed by atoms with van der Waals surface area (Å²) in [7, 11) is 0. The van der Waals surface area contributed by atoms with E-state index in [4.69, 9.17) is 4.98 Å². The number of rotatable bonds is 7. The Morgan fingerprint density at radius 2 is 1.78 bits per heavy atom. The predicted molar refractivity (Wildman–Crippen MR) is 127 cm³/mol. The number of hydrogen-bond acceptors (Lipinski definition) is 6.